The molecule has 0 bridgehead atoms. The fourth-order valence-corrected chi connectivity index (χ4v) is 8.32. The van der Waals surface area contributed by atoms with Gasteiger partial charge in [0, 0.05) is 12.6 Å². The number of carbonyl (C=O) groups is 1. The zero-order valence-corrected chi connectivity index (χ0v) is 21.9. The molecule has 1 fully saturated rings. The van der Waals surface area contributed by atoms with Gasteiger partial charge in [0.05, 0.1) is 20.2 Å². The van der Waals surface area contributed by atoms with Gasteiger partial charge in [-0.15, -0.1) is 11.3 Å². The van der Waals surface area contributed by atoms with Gasteiger partial charge in [0.15, 0.2) is 0 Å². The molecule has 1 aromatic carbocycles. The minimum absolute atomic E-state index is 0.137. The number of thiazole rings is 1. The Bertz CT molecular complexity index is 1480. The van der Waals surface area contributed by atoms with E-state index in [1.807, 2.05) is 19.9 Å². The van der Waals surface area contributed by atoms with Crippen LogP contribution in [0.1, 0.15) is 29.7 Å². The highest BCUT2D eigenvalue weighted by atomic mass is 35.5. The summed E-state index contributed by atoms with van der Waals surface area (Å²) in [6, 6.07) is 8.11. The lowest BCUT2D eigenvalue weighted by molar-refractivity contribution is -0.119. The Balaban J connectivity index is 1.44. The number of aryl methyl sites for hydroxylation is 3. The number of benzene rings is 1. The molecule has 3 aromatic heterocycles. The number of hydrogen-bond donors (Lipinski definition) is 1. The molecule has 4 heterocycles. The number of nitrogens with zero attached hydrogens (tertiary/aromatic N) is 4. The molecule has 5 rings (SSSR count). The fourth-order valence-electron chi connectivity index (χ4n) is 4.04. The first-order valence-electron chi connectivity index (χ1n) is 10.7. The maximum atomic E-state index is 13.3. The molecule has 1 saturated heterocycles. The fraction of sp³-hybridized carbons (Fsp3) is 0.318. The third kappa shape index (κ3) is 4.16. The Morgan fingerprint density at radius 3 is 2.65 bits per heavy atom. The van der Waals surface area contributed by atoms with Gasteiger partial charge in [0.25, 0.3) is 10.0 Å². The lowest BCUT2D eigenvalue weighted by Gasteiger charge is -2.22. The predicted octanol–water partition coefficient (Wildman–Crippen LogP) is 4.91. The Hall–Kier alpha value is -2.31. The third-order valence-electron chi connectivity index (χ3n) is 5.87. The van der Waals surface area contributed by atoms with Crippen molar-refractivity contribution in [1.82, 2.24) is 19.1 Å². The van der Waals surface area contributed by atoms with Crippen LogP contribution in [-0.2, 0) is 14.8 Å². The van der Waals surface area contributed by atoms with E-state index in [1.165, 1.54) is 27.3 Å². The second-order valence-corrected chi connectivity index (χ2v) is 13.1. The van der Waals surface area contributed by atoms with Crippen molar-refractivity contribution in [2.24, 2.45) is 0 Å². The molecule has 1 atom stereocenters. The zero-order valence-electron chi connectivity index (χ0n) is 18.7. The van der Waals surface area contributed by atoms with Crippen LogP contribution < -0.4 is 5.32 Å². The number of nitrogens with one attached hydrogen (secondary N) is 1. The summed E-state index contributed by atoms with van der Waals surface area (Å²) in [6.45, 7) is 6.22. The molecule has 4 aromatic rings. The summed E-state index contributed by atoms with van der Waals surface area (Å²) in [6.07, 6.45) is 1.04. The van der Waals surface area contributed by atoms with Gasteiger partial charge in [0.2, 0.25) is 11.0 Å². The lowest BCUT2D eigenvalue weighted by atomic mass is 10.1. The maximum Gasteiger partial charge on any atom is 0.253 e. The Labute approximate surface area is 210 Å². The van der Waals surface area contributed by atoms with E-state index in [0.29, 0.717) is 33.8 Å². The number of sulfonamides is 1. The zero-order chi connectivity index (χ0) is 24.2. The molecule has 0 aliphatic carbocycles. The molecule has 178 valence electrons. The van der Waals surface area contributed by atoms with Gasteiger partial charge in [-0.3, -0.25) is 4.79 Å². The summed E-state index contributed by atoms with van der Waals surface area (Å²) in [5.41, 5.74) is 3.92. The van der Waals surface area contributed by atoms with Crippen LogP contribution in [0.25, 0.3) is 15.3 Å². The molecule has 1 aliphatic heterocycles. The Morgan fingerprint density at radius 2 is 1.91 bits per heavy atom. The van der Waals surface area contributed by atoms with Crippen LogP contribution in [0, 0.1) is 20.8 Å². The molecule has 1 aliphatic rings. The van der Waals surface area contributed by atoms with Crippen molar-refractivity contribution in [2.75, 3.05) is 11.9 Å². The molecule has 34 heavy (non-hydrogen) atoms. The van der Waals surface area contributed by atoms with Gasteiger partial charge in [-0.2, -0.15) is 14.1 Å². The first kappa shape index (κ1) is 23.4. The number of aromatic nitrogens is 3. The Morgan fingerprint density at radius 1 is 1.15 bits per heavy atom. The number of halogens is 1. The summed E-state index contributed by atoms with van der Waals surface area (Å²) in [5, 5.41) is 8.05. The van der Waals surface area contributed by atoms with Gasteiger partial charge in [-0.05, 0) is 69.0 Å². The molecule has 12 heteroatoms. The van der Waals surface area contributed by atoms with Crippen molar-refractivity contribution in [1.29, 1.82) is 0 Å². The van der Waals surface area contributed by atoms with Crippen LogP contribution in [-0.4, -0.2) is 46.0 Å². The number of fused-ring (bicyclic) bond motifs is 1. The highest BCUT2D eigenvalue weighted by molar-refractivity contribution is 7.91. The molecule has 0 spiro atoms. The van der Waals surface area contributed by atoms with E-state index in [1.54, 1.807) is 16.8 Å². The van der Waals surface area contributed by atoms with E-state index in [2.05, 4.69) is 23.4 Å². The number of thiophene rings is 1. The molecule has 1 unspecified atom stereocenters. The van der Waals surface area contributed by atoms with E-state index >= 15 is 0 Å². The molecule has 8 nitrogen and oxygen atoms in total. The predicted molar refractivity (Wildman–Crippen MR) is 136 cm³/mol. The minimum atomic E-state index is -3.81. The van der Waals surface area contributed by atoms with Crippen LogP contribution >= 0.6 is 34.3 Å². The van der Waals surface area contributed by atoms with Crippen molar-refractivity contribution in [2.45, 2.75) is 43.9 Å². The summed E-state index contributed by atoms with van der Waals surface area (Å²) >= 11 is 8.42. The van der Waals surface area contributed by atoms with E-state index in [-0.39, 0.29) is 10.8 Å². The molecule has 0 radical (unpaired) electrons. The van der Waals surface area contributed by atoms with Crippen LogP contribution in [0.2, 0.25) is 4.34 Å². The monoisotopic (exact) mass is 535 g/mol. The van der Waals surface area contributed by atoms with Gasteiger partial charge >= 0.3 is 0 Å². The first-order chi connectivity index (χ1) is 16.1. The minimum Gasteiger partial charge on any atom is -0.309 e. The topological polar surface area (TPSA) is 97.2 Å². The number of rotatable bonds is 5. The molecular weight excluding hydrogens is 514 g/mol. The van der Waals surface area contributed by atoms with E-state index in [9.17, 15) is 13.2 Å². The smallest absolute Gasteiger partial charge is 0.253 e. The first-order valence-corrected chi connectivity index (χ1v) is 14.1. The van der Waals surface area contributed by atoms with Gasteiger partial charge in [-0.25, -0.2) is 13.4 Å². The molecule has 1 N–H and O–H groups in total. The second kappa shape index (κ2) is 8.72. The molecular formula is C22H22ClN5O3S3. The van der Waals surface area contributed by atoms with Gasteiger partial charge in [0.1, 0.15) is 16.1 Å². The third-order valence-corrected chi connectivity index (χ3v) is 10.5. The normalized spacial score (nSPS) is 17.0. The molecule has 0 saturated carbocycles. The van der Waals surface area contributed by atoms with Crippen LogP contribution in [0.4, 0.5) is 5.82 Å². The second-order valence-electron chi connectivity index (χ2n) is 8.30. The highest BCUT2D eigenvalue weighted by Gasteiger charge is 2.40. The maximum absolute atomic E-state index is 13.3. The van der Waals surface area contributed by atoms with E-state index in [0.717, 1.165) is 27.1 Å². The van der Waals surface area contributed by atoms with Crippen LogP contribution in [0.5, 0.6) is 0 Å². The van der Waals surface area contributed by atoms with Crippen LogP contribution in [0.3, 0.4) is 0 Å². The van der Waals surface area contributed by atoms with Crippen LogP contribution in [0.15, 0.2) is 34.5 Å². The van der Waals surface area contributed by atoms with Crippen molar-refractivity contribution >= 4 is 66.2 Å². The number of carbonyl (C=O) groups excluding carboxylic acids is 1. The summed E-state index contributed by atoms with van der Waals surface area (Å²) in [7, 11) is -3.81. The summed E-state index contributed by atoms with van der Waals surface area (Å²) in [4.78, 5) is 18.0. The Kier molecular flexibility index (Phi) is 6.01. The average molecular weight is 536 g/mol. The highest BCUT2D eigenvalue weighted by Crippen LogP contribution is 2.33. The SMILES string of the molecule is Cc1cc(NC(=O)C2CCCN2S(=O)(=O)c2ccc(Cl)s2)n(-c2nc3cc(C)c(C)cc3s2)n1. The van der Waals surface area contributed by atoms with E-state index in [4.69, 9.17) is 16.6 Å². The number of hydrogen-bond acceptors (Lipinski definition) is 7. The lowest BCUT2D eigenvalue weighted by Crippen LogP contribution is -2.43. The summed E-state index contributed by atoms with van der Waals surface area (Å²) < 4.78 is 30.7. The van der Waals surface area contributed by atoms with Gasteiger partial charge in [-0.1, -0.05) is 22.9 Å². The number of anilines is 1. The number of amides is 1. The standard InChI is InChI=1S/C22H22ClN5O3S3/c1-12-9-15-17(10-13(12)2)32-22(24-15)28-19(11-14(3)26-28)25-21(29)16-5-4-8-27(16)34(30,31)20-7-6-18(23)33-20/h6-7,9-11,16H,4-5,8H2,1-3H3,(H,25,29). The summed E-state index contributed by atoms with van der Waals surface area (Å²) in [5.74, 6) is 0.0658. The van der Waals surface area contributed by atoms with Gasteiger partial charge < -0.3 is 5.32 Å². The average Bonchev–Trinajstić information content (AvgIpc) is 3.54. The van der Waals surface area contributed by atoms with Crippen molar-refractivity contribution in [3.05, 3.63) is 51.5 Å². The molecule has 1 amide bonds. The van der Waals surface area contributed by atoms with Crippen molar-refractivity contribution < 1.29 is 13.2 Å². The largest absolute Gasteiger partial charge is 0.309 e. The van der Waals surface area contributed by atoms with Crippen molar-refractivity contribution in [3.63, 3.8) is 0 Å². The van der Waals surface area contributed by atoms with Crippen molar-refractivity contribution in [3.8, 4) is 5.13 Å². The van der Waals surface area contributed by atoms with E-state index < -0.39 is 22.0 Å². The quantitative estimate of drug-likeness (QED) is 0.391.